The highest BCUT2D eigenvalue weighted by Crippen LogP contribution is 2.26. The lowest BCUT2D eigenvalue weighted by molar-refractivity contribution is 0.391. The third-order valence-corrected chi connectivity index (χ3v) is 6.71. The van der Waals surface area contributed by atoms with E-state index >= 15 is 0 Å². The molecular weight excluding hydrogens is 348 g/mol. The maximum absolute atomic E-state index is 12.8. The standard InChI is InChI=1S/C20H20N2O3S/c1-14-9-17-10-16-7-8-22(12-18(16)11-19(17)21-20(14)23)26(24,25)13-15-5-3-2-4-6-15/h2-6,9-11H,7-8,12-13H2,1H3,(H,21,23). The molecule has 4 rings (SSSR count). The predicted molar refractivity (Wildman–Crippen MR) is 102 cm³/mol. The van der Waals surface area contributed by atoms with Crippen molar-refractivity contribution in [3.63, 3.8) is 0 Å². The van der Waals surface area contributed by atoms with E-state index in [4.69, 9.17) is 0 Å². The summed E-state index contributed by atoms with van der Waals surface area (Å²) >= 11 is 0. The Kier molecular flexibility index (Phi) is 4.17. The van der Waals surface area contributed by atoms with E-state index in [9.17, 15) is 13.2 Å². The van der Waals surface area contributed by atoms with Crippen LogP contribution in [0.2, 0.25) is 0 Å². The number of pyridine rings is 1. The molecule has 0 unspecified atom stereocenters. The molecule has 1 aromatic heterocycles. The van der Waals surface area contributed by atoms with Gasteiger partial charge in [-0.15, -0.1) is 0 Å². The van der Waals surface area contributed by atoms with Crippen LogP contribution in [-0.4, -0.2) is 24.3 Å². The molecule has 1 N–H and O–H groups in total. The molecule has 6 heteroatoms. The second-order valence-corrected chi connectivity index (χ2v) is 8.78. The first-order valence-corrected chi connectivity index (χ1v) is 10.2. The van der Waals surface area contributed by atoms with Crippen LogP contribution in [0.1, 0.15) is 22.3 Å². The number of hydrogen-bond acceptors (Lipinski definition) is 3. The van der Waals surface area contributed by atoms with Crippen molar-refractivity contribution < 1.29 is 8.42 Å². The molecule has 0 saturated carbocycles. The highest BCUT2D eigenvalue weighted by molar-refractivity contribution is 7.88. The summed E-state index contributed by atoms with van der Waals surface area (Å²) in [6, 6.07) is 15.1. The summed E-state index contributed by atoms with van der Waals surface area (Å²) in [7, 11) is -3.39. The third-order valence-electron chi connectivity index (χ3n) is 4.91. The lowest BCUT2D eigenvalue weighted by atomic mass is 9.98. The first-order chi connectivity index (χ1) is 12.4. The van der Waals surface area contributed by atoms with Crippen molar-refractivity contribution >= 4 is 20.9 Å². The molecular formula is C20H20N2O3S. The number of aromatic amines is 1. The Morgan fingerprint density at radius 1 is 1.08 bits per heavy atom. The van der Waals surface area contributed by atoms with Crippen LogP contribution in [0.3, 0.4) is 0 Å². The Labute approximate surface area is 152 Å². The molecule has 0 saturated heterocycles. The Balaban J connectivity index is 1.65. The predicted octanol–water partition coefficient (Wildman–Crippen LogP) is 2.72. The van der Waals surface area contributed by atoms with Gasteiger partial charge in [0.25, 0.3) is 5.56 Å². The molecule has 0 atom stereocenters. The van der Waals surface area contributed by atoms with Crippen LogP contribution >= 0.6 is 0 Å². The fraction of sp³-hybridized carbons (Fsp3) is 0.250. The van der Waals surface area contributed by atoms with Crippen LogP contribution in [0, 0.1) is 6.92 Å². The first-order valence-electron chi connectivity index (χ1n) is 8.59. The van der Waals surface area contributed by atoms with Crippen LogP contribution in [0.15, 0.2) is 53.3 Å². The van der Waals surface area contributed by atoms with Gasteiger partial charge in [-0.1, -0.05) is 30.3 Å². The van der Waals surface area contributed by atoms with Gasteiger partial charge in [-0.25, -0.2) is 8.42 Å². The molecule has 1 aliphatic rings. The van der Waals surface area contributed by atoms with Crippen LogP contribution in [0.5, 0.6) is 0 Å². The van der Waals surface area contributed by atoms with Gasteiger partial charge < -0.3 is 4.98 Å². The van der Waals surface area contributed by atoms with E-state index < -0.39 is 10.0 Å². The van der Waals surface area contributed by atoms with Crippen molar-refractivity contribution in [3.8, 4) is 0 Å². The normalized spacial score (nSPS) is 15.1. The average Bonchev–Trinajstić information content (AvgIpc) is 2.61. The number of nitrogens with zero attached hydrogens (tertiary/aromatic N) is 1. The van der Waals surface area contributed by atoms with Crippen molar-refractivity contribution in [2.45, 2.75) is 25.6 Å². The van der Waals surface area contributed by atoms with Crippen LogP contribution in [0.4, 0.5) is 0 Å². The molecule has 0 radical (unpaired) electrons. The monoisotopic (exact) mass is 368 g/mol. The van der Waals surface area contributed by atoms with E-state index in [1.54, 1.807) is 11.2 Å². The topological polar surface area (TPSA) is 70.2 Å². The van der Waals surface area contributed by atoms with Gasteiger partial charge in [0, 0.05) is 24.2 Å². The molecule has 2 aromatic carbocycles. The van der Waals surface area contributed by atoms with Crippen LogP contribution in [-0.2, 0) is 28.7 Å². The maximum atomic E-state index is 12.8. The minimum atomic E-state index is -3.39. The van der Waals surface area contributed by atoms with Gasteiger partial charge in [-0.3, -0.25) is 4.79 Å². The van der Waals surface area contributed by atoms with E-state index in [0.29, 0.717) is 25.1 Å². The van der Waals surface area contributed by atoms with Crippen molar-refractivity contribution in [3.05, 3.63) is 81.1 Å². The summed E-state index contributed by atoms with van der Waals surface area (Å²) in [5.74, 6) is 0.00673. The fourth-order valence-corrected chi connectivity index (χ4v) is 4.96. The zero-order valence-corrected chi connectivity index (χ0v) is 15.3. The SMILES string of the molecule is Cc1cc2cc3c(cc2[nH]c1=O)CN(S(=O)(=O)Cc1ccccc1)CC3. The lowest BCUT2D eigenvalue weighted by Gasteiger charge is -2.28. The van der Waals surface area contributed by atoms with Crippen LogP contribution < -0.4 is 5.56 Å². The highest BCUT2D eigenvalue weighted by Gasteiger charge is 2.27. The summed E-state index contributed by atoms with van der Waals surface area (Å²) in [6.07, 6.45) is 0.678. The number of hydrogen-bond donors (Lipinski definition) is 1. The number of H-pyrrole nitrogens is 1. The average molecular weight is 368 g/mol. The lowest BCUT2D eigenvalue weighted by Crippen LogP contribution is -2.36. The van der Waals surface area contributed by atoms with E-state index in [-0.39, 0.29) is 11.3 Å². The molecule has 0 spiro atoms. The van der Waals surface area contributed by atoms with E-state index in [1.807, 2.05) is 42.5 Å². The Bertz CT molecular complexity index is 1130. The van der Waals surface area contributed by atoms with Crippen LogP contribution in [0.25, 0.3) is 10.9 Å². The van der Waals surface area contributed by atoms with Crippen molar-refractivity contribution in [1.82, 2.24) is 9.29 Å². The van der Waals surface area contributed by atoms with Gasteiger partial charge in [-0.05, 0) is 53.6 Å². The molecule has 0 bridgehead atoms. The smallest absolute Gasteiger partial charge is 0.251 e. The van der Waals surface area contributed by atoms with Crippen molar-refractivity contribution in [2.75, 3.05) is 6.54 Å². The van der Waals surface area contributed by atoms with Gasteiger partial charge in [0.2, 0.25) is 10.0 Å². The second-order valence-electron chi connectivity index (χ2n) is 6.82. The zero-order chi connectivity index (χ0) is 18.3. The van der Waals surface area contributed by atoms with Crippen molar-refractivity contribution in [2.24, 2.45) is 0 Å². The first kappa shape index (κ1) is 17.0. The van der Waals surface area contributed by atoms with E-state index in [1.165, 1.54) is 0 Å². The largest absolute Gasteiger partial charge is 0.322 e. The molecule has 5 nitrogen and oxygen atoms in total. The summed E-state index contributed by atoms with van der Waals surface area (Å²) < 4.78 is 27.1. The summed E-state index contributed by atoms with van der Waals surface area (Å²) in [5.41, 5.74) is 4.22. The Morgan fingerprint density at radius 2 is 1.85 bits per heavy atom. The quantitative estimate of drug-likeness (QED) is 0.773. The molecule has 1 aliphatic heterocycles. The van der Waals surface area contributed by atoms with E-state index in [2.05, 4.69) is 11.1 Å². The number of aryl methyl sites for hydroxylation is 1. The summed E-state index contributed by atoms with van der Waals surface area (Å²) in [6.45, 7) is 2.61. The minimum Gasteiger partial charge on any atom is -0.322 e. The number of rotatable bonds is 3. The number of nitrogens with one attached hydrogen (secondary N) is 1. The third kappa shape index (κ3) is 3.18. The molecule has 2 heterocycles. The number of fused-ring (bicyclic) bond motifs is 2. The van der Waals surface area contributed by atoms with E-state index in [0.717, 1.165) is 27.6 Å². The highest BCUT2D eigenvalue weighted by atomic mass is 32.2. The molecule has 134 valence electrons. The van der Waals surface area contributed by atoms with Gasteiger partial charge in [0.15, 0.2) is 0 Å². The second kappa shape index (κ2) is 6.37. The summed E-state index contributed by atoms with van der Waals surface area (Å²) in [4.78, 5) is 14.7. The van der Waals surface area contributed by atoms with Gasteiger partial charge in [0.05, 0.1) is 5.75 Å². The Morgan fingerprint density at radius 3 is 2.62 bits per heavy atom. The van der Waals surface area contributed by atoms with Gasteiger partial charge in [0.1, 0.15) is 0 Å². The number of aromatic nitrogens is 1. The van der Waals surface area contributed by atoms with Gasteiger partial charge >= 0.3 is 0 Å². The number of benzene rings is 2. The molecule has 3 aromatic rings. The number of sulfonamides is 1. The van der Waals surface area contributed by atoms with Crippen molar-refractivity contribution in [1.29, 1.82) is 0 Å². The molecule has 0 aliphatic carbocycles. The molecule has 0 fully saturated rings. The maximum Gasteiger partial charge on any atom is 0.251 e. The Hall–Kier alpha value is -2.44. The molecule has 26 heavy (non-hydrogen) atoms. The fourth-order valence-electron chi connectivity index (χ4n) is 3.46. The van der Waals surface area contributed by atoms with Gasteiger partial charge in [-0.2, -0.15) is 4.31 Å². The molecule has 0 amide bonds. The summed E-state index contributed by atoms with van der Waals surface area (Å²) in [5, 5.41) is 0.987. The zero-order valence-electron chi connectivity index (χ0n) is 14.5. The minimum absolute atomic E-state index is 0.00673.